The van der Waals surface area contributed by atoms with Gasteiger partial charge in [-0.25, -0.2) is 14.1 Å². The molecule has 196 valence electrons. The van der Waals surface area contributed by atoms with Gasteiger partial charge in [0.25, 0.3) is 0 Å². The van der Waals surface area contributed by atoms with E-state index in [1.54, 1.807) is 0 Å². The van der Waals surface area contributed by atoms with E-state index in [1.165, 1.54) is 70.6 Å². The number of aliphatic carboxylic acids is 2. The summed E-state index contributed by atoms with van der Waals surface area (Å²) < 4.78 is 7.45. The van der Waals surface area contributed by atoms with E-state index in [4.69, 9.17) is 9.84 Å². The molecule has 1 rings (SSSR count). The molecular weight excluding hydrogens is 436 g/mol. The van der Waals surface area contributed by atoms with E-state index in [-0.39, 0.29) is 29.7 Å². The van der Waals surface area contributed by atoms with Crippen LogP contribution < -0.4 is 0 Å². The van der Waals surface area contributed by atoms with Gasteiger partial charge in [-0.05, 0) is 12.3 Å². The Morgan fingerprint density at radius 3 is 2.06 bits per heavy atom. The van der Waals surface area contributed by atoms with Gasteiger partial charge in [0, 0.05) is 6.42 Å². The van der Waals surface area contributed by atoms with E-state index in [2.05, 4.69) is 23.3 Å². The lowest BCUT2D eigenvalue weighted by molar-refractivity contribution is -0.823. The van der Waals surface area contributed by atoms with Gasteiger partial charge in [-0.15, -0.1) is 0 Å². The summed E-state index contributed by atoms with van der Waals surface area (Å²) in [6.45, 7) is 4.56. The van der Waals surface area contributed by atoms with Gasteiger partial charge in [0.1, 0.15) is 19.7 Å². The molecule has 0 aromatic carbocycles. The molecule has 8 nitrogen and oxygen atoms in total. The van der Waals surface area contributed by atoms with Crippen molar-refractivity contribution in [2.45, 2.75) is 90.4 Å². The number of ether oxygens (including phenoxy) is 1. The lowest BCUT2D eigenvalue weighted by atomic mass is 10.0. The summed E-state index contributed by atoms with van der Waals surface area (Å²) in [5, 5.41) is 17.9. The highest BCUT2D eigenvalue weighted by atomic mass is 16.5. The molecule has 1 heterocycles. The van der Waals surface area contributed by atoms with Crippen LogP contribution in [0.3, 0.4) is 0 Å². The van der Waals surface area contributed by atoms with Crippen LogP contribution >= 0.6 is 0 Å². The number of carboxylic acids is 2. The summed E-state index contributed by atoms with van der Waals surface area (Å²) in [6.07, 6.45) is 18.9. The average Bonchev–Trinajstić information content (AvgIpc) is 3.16. The fourth-order valence-corrected chi connectivity index (χ4v) is 4.25. The monoisotopic (exact) mass is 484 g/mol. The summed E-state index contributed by atoms with van der Waals surface area (Å²) in [5.74, 6) is 4.59. The van der Waals surface area contributed by atoms with Crippen molar-refractivity contribution in [2.24, 2.45) is 0 Å². The molecule has 1 aliphatic rings. The fourth-order valence-electron chi connectivity index (χ4n) is 4.25. The maximum atomic E-state index is 11.3. The molecule has 4 N–H and O–H groups in total. The van der Waals surface area contributed by atoms with Crippen LogP contribution in [0.1, 0.15) is 90.4 Å². The molecule has 1 atom stereocenters. The highest BCUT2D eigenvalue weighted by Crippen LogP contribution is 2.12. The van der Waals surface area contributed by atoms with Crippen LogP contribution in [0.25, 0.3) is 0 Å². The molecule has 0 aromatic rings. The van der Waals surface area contributed by atoms with Crippen LogP contribution in [0, 0.1) is 11.8 Å². The van der Waals surface area contributed by atoms with E-state index in [0.717, 1.165) is 19.4 Å². The number of carbonyl (C=O) groups is 2. The zero-order chi connectivity index (χ0) is 24.2. The molecule has 0 radical (unpaired) electrons. The Bertz CT molecular complexity index is 655. The second-order valence-electron chi connectivity index (χ2n) is 9.24. The zero-order valence-electron chi connectivity index (χ0n) is 21.2. The number of carboxylic acid groups (broad SMARTS) is 2. The summed E-state index contributed by atoms with van der Waals surface area (Å²) >= 11 is 0. The predicted octanol–water partition coefficient (Wildman–Crippen LogP) is 3.31. The zero-order valence-corrected chi connectivity index (χ0v) is 21.2. The molecule has 0 saturated heterocycles. The minimum absolute atomic E-state index is 0. The van der Waals surface area contributed by atoms with Crippen molar-refractivity contribution in [3.05, 3.63) is 0 Å². The van der Waals surface area contributed by atoms with Crippen LogP contribution in [0.4, 0.5) is 0 Å². The van der Waals surface area contributed by atoms with E-state index in [1.807, 2.05) is 6.34 Å². The van der Waals surface area contributed by atoms with Crippen molar-refractivity contribution in [2.75, 3.05) is 45.9 Å². The third-order valence-corrected chi connectivity index (χ3v) is 6.16. The first-order valence-electron chi connectivity index (χ1n) is 12.9. The molecule has 1 unspecified atom stereocenters. The van der Waals surface area contributed by atoms with E-state index < -0.39 is 11.9 Å². The van der Waals surface area contributed by atoms with Crippen molar-refractivity contribution in [1.82, 2.24) is 0 Å². The minimum Gasteiger partial charge on any atom is -0.480 e. The quantitative estimate of drug-likeness (QED) is 0.119. The van der Waals surface area contributed by atoms with Gasteiger partial charge >= 0.3 is 18.3 Å². The van der Waals surface area contributed by atoms with Gasteiger partial charge < -0.3 is 20.4 Å². The second kappa shape index (κ2) is 20.4. The summed E-state index contributed by atoms with van der Waals surface area (Å²) in [7, 11) is 0. The lowest BCUT2D eigenvalue weighted by Gasteiger charge is -2.24. The highest BCUT2D eigenvalue weighted by molar-refractivity contribution is 5.69. The summed E-state index contributed by atoms with van der Waals surface area (Å²) in [6, 6.07) is 0. The Kier molecular flexibility index (Phi) is 19.3. The highest BCUT2D eigenvalue weighted by Gasteiger charge is 2.39. The average molecular weight is 485 g/mol. The molecule has 0 bridgehead atoms. The Labute approximate surface area is 205 Å². The molecule has 0 fully saturated rings. The third-order valence-electron chi connectivity index (χ3n) is 6.16. The molecular formula is C26H48N2O6+2. The normalized spacial score (nSPS) is 16.9. The first-order chi connectivity index (χ1) is 16.0. The van der Waals surface area contributed by atoms with Crippen molar-refractivity contribution < 1.29 is 39.1 Å². The SMILES string of the molecule is CCCCCCCCCCCCCCC#CC[N+]1=C[N+](CCOCC(=O)O)(CC(=O)O)CC1.O. The Balaban J connectivity index is 0.0000109. The predicted molar refractivity (Wildman–Crippen MR) is 134 cm³/mol. The minimum atomic E-state index is -1.02. The molecule has 0 aliphatic carbocycles. The summed E-state index contributed by atoms with van der Waals surface area (Å²) in [4.78, 5) is 21.9. The van der Waals surface area contributed by atoms with Crippen LogP contribution in [-0.2, 0) is 14.3 Å². The van der Waals surface area contributed by atoms with Crippen LogP contribution in [0.2, 0.25) is 0 Å². The van der Waals surface area contributed by atoms with Crippen LogP contribution in [-0.4, -0.2) is 89.0 Å². The van der Waals surface area contributed by atoms with Gasteiger partial charge in [0.05, 0.1) is 6.61 Å². The lowest BCUT2D eigenvalue weighted by Crippen LogP contribution is -2.51. The fraction of sp³-hybridized carbons (Fsp3) is 0.808. The van der Waals surface area contributed by atoms with Crippen LogP contribution in [0.5, 0.6) is 0 Å². The Hall–Kier alpha value is -1.95. The van der Waals surface area contributed by atoms with E-state index in [0.29, 0.717) is 19.6 Å². The van der Waals surface area contributed by atoms with Gasteiger partial charge in [-0.3, -0.25) is 0 Å². The third kappa shape index (κ3) is 16.6. The Morgan fingerprint density at radius 2 is 1.50 bits per heavy atom. The number of quaternary nitrogens is 1. The number of unbranched alkanes of at least 4 members (excludes halogenated alkanes) is 12. The van der Waals surface area contributed by atoms with Gasteiger partial charge in [-0.1, -0.05) is 83.5 Å². The maximum Gasteiger partial charge on any atom is 0.359 e. The van der Waals surface area contributed by atoms with E-state index >= 15 is 0 Å². The molecule has 34 heavy (non-hydrogen) atoms. The number of nitrogens with zero attached hydrogens (tertiary/aromatic N) is 2. The van der Waals surface area contributed by atoms with Gasteiger partial charge in [0.15, 0.2) is 13.1 Å². The topological polar surface area (TPSA) is 118 Å². The maximum absolute atomic E-state index is 11.3. The molecule has 1 aliphatic heterocycles. The van der Waals surface area contributed by atoms with E-state index in [9.17, 15) is 14.7 Å². The van der Waals surface area contributed by atoms with Crippen molar-refractivity contribution in [3.63, 3.8) is 0 Å². The molecule has 8 heteroatoms. The molecule has 0 spiro atoms. The summed E-state index contributed by atoms with van der Waals surface area (Å²) in [5.41, 5.74) is 0. The van der Waals surface area contributed by atoms with Crippen LogP contribution in [0.15, 0.2) is 0 Å². The van der Waals surface area contributed by atoms with Crippen molar-refractivity contribution in [3.8, 4) is 11.8 Å². The van der Waals surface area contributed by atoms with Crippen molar-refractivity contribution in [1.29, 1.82) is 0 Å². The largest absolute Gasteiger partial charge is 0.480 e. The first kappa shape index (κ1) is 32.0. The molecule has 0 saturated carbocycles. The smallest absolute Gasteiger partial charge is 0.359 e. The second-order valence-corrected chi connectivity index (χ2v) is 9.24. The van der Waals surface area contributed by atoms with Gasteiger partial charge in [0.2, 0.25) is 6.54 Å². The first-order valence-corrected chi connectivity index (χ1v) is 12.9. The molecule has 0 amide bonds. The number of hydrogen-bond acceptors (Lipinski definition) is 3. The standard InChI is InChI=1S/C26H44N2O5.H2O/c1-2-3-4-5-6-7-8-9-10-11-12-13-14-15-16-17-27-18-19-28(24-27,22-25(29)30)20-21-33-23-26(31)32;/h24H,2-14,17-23H2,1H3;1H2/p+2. The van der Waals surface area contributed by atoms with Gasteiger partial charge in [-0.2, -0.15) is 4.58 Å². The number of hydrogen-bond donors (Lipinski definition) is 2. The molecule has 0 aromatic heterocycles. The number of rotatable bonds is 20. The Morgan fingerprint density at radius 1 is 0.912 bits per heavy atom. The van der Waals surface area contributed by atoms with Crippen molar-refractivity contribution >= 4 is 18.3 Å².